The summed E-state index contributed by atoms with van der Waals surface area (Å²) in [5.74, 6) is 0.0960. The van der Waals surface area contributed by atoms with Crippen molar-refractivity contribution in [2.75, 3.05) is 37.1 Å². The van der Waals surface area contributed by atoms with Gasteiger partial charge in [-0.25, -0.2) is 0 Å². The van der Waals surface area contributed by atoms with E-state index in [9.17, 15) is 19.5 Å². The Kier molecular flexibility index (Phi) is 9.97. The van der Waals surface area contributed by atoms with Gasteiger partial charge in [0.15, 0.2) is 5.60 Å². The Morgan fingerprint density at radius 1 is 0.980 bits per heavy atom. The molecule has 0 radical (unpaired) electrons. The molecule has 0 unspecified atom stereocenters. The molecular weight excluding hydrogens is 647 g/mol. The second-order valence-corrected chi connectivity index (χ2v) is 18.4. The van der Waals surface area contributed by atoms with Crippen LogP contribution in [-0.2, 0) is 31.3 Å². The third kappa shape index (κ3) is 6.12. The van der Waals surface area contributed by atoms with E-state index in [1.807, 2.05) is 91.0 Å². The van der Waals surface area contributed by atoms with Crippen LogP contribution in [-0.4, -0.2) is 69.7 Å². The van der Waals surface area contributed by atoms with E-state index in [0.717, 1.165) is 22.9 Å². The number of amides is 3. The first-order valence-electron chi connectivity index (χ1n) is 17.0. The molecule has 1 fully saturated rings. The fraction of sp³-hybridized carbons (Fsp3) is 0.325. The SMILES string of the molecule is COc1ccc([Si](C)(C)[C@@H]2[C@@H](CC(=O)N(CCO)Cc3ccccc3)O[C@]3(C(=O)N(C)c4ccc(N(C=O)c5ccccc5)cc43)[C@H]2C)cc1. The number of aliphatic hydroxyl groups excluding tert-OH is 1. The van der Waals surface area contributed by atoms with Crippen molar-refractivity contribution in [3.8, 4) is 5.75 Å². The minimum atomic E-state index is -2.50. The van der Waals surface area contributed by atoms with Crippen molar-refractivity contribution in [3.63, 3.8) is 0 Å². The van der Waals surface area contributed by atoms with Crippen LogP contribution < -0.4 is 19.7 Å². The normalized spacial score (nSPS) is 21.3. The molecule has 3 amide bonds. The molecule has 2 aliphatic rings. The van der Waals surface area contributed by atoms with Crippen LogP contribution in [0.3, 0.4) is 0 Å². The first kappa shape index (κ1) is 35.1. The van der Waals surface area contributed by atoms with Crippen molar-refractivity contribution in [2.24, 2.45) is 5.92 Å². The molecule has 1 spiro atoms. The molecule has 0 aliphatic carbocycles. The van der Waals surface area contributed by atoms with Crippen LogP contribution in [0.25, 0.3) is 0 Å². The van der Waals surface area contributed by atoms with Crippen molar-refractivity contribution in [2.45, 2.75) is 50.2 Å². The summed E-state index contributed by atoms with van der Waals surface area (Å²) in [6, 6.07) is 32.8. The zero-order valence-electron chi connectivity index (χ0n) is 29.3. The predicted octanol–water partition coefficient (Wildman–Crippen LogP) is 5.59. The lowest BCUT2D eigenvalue weighted by Gasteiger charge is -2.37. The molecule has 0 bridgehead atoms. The predicted molar refractivity (Wildman–Crippen MR) is 198 cm³/mol. The van der Waals surface area contributed by atoms with Crippen LogP contribution in [0.5, 0.6) is 5.75 Å². The summed E-state index contributed by atoms with van der Waals surface area (Å²) in [5.41, 5.74) is 2.14. The standard InChI is InChI=1S/C40H45N3O6Si/c1-28-38(50(4,5)33-19-17-32(48-3)18-20-33)36(25-37(46)42(22-23-44)26-29-12-8-6-9-13-29)49-40(28)34-24-31(16-21-35(34)41(2)39(40)47)43(27-45)30-14-10-7-11-15-30/h6-21,24,27-28,36,38,44H,22-23,25-26H2,1-5H3/t28-,36+,38-,40+/m0/s1. The highest BCUT2D eigenvalue weighted by molar-refractivity contribution is 6.91. The third-order valence-corrected chi connectivity index (χ3v) is 15.0. The molecule has 2 heterocycles. The maximum absolute atomic E-state index is 14.6. The minimum Gasteiger partial charge on any atom is -0.497 e. The summed E-state index contributed by atoms with van der Waals surface area (Å²) in [6.07, 6.45) is 0.226. The third-order valence-electron chi connectivity index (χ3n) is 10.7. The quantitative estimate of drug-likeness (QED) is 0.154. The summed E-state index contributed by atoms with van der Waals surface area (Å²) < 4.78 is 12.6. The molecule has 10 heteroatoms. The molecule has 50 heavy (non-hydrogen) atoms. The number of carbonyl (C=O) groups is 3. The van der Waals surface area contributed by atoms with E-state index >= 15 is 0 Å². The topological polar surface area (TPSA) is 99.6 Å². The van der Waals surface area contributed by atoms with Crippen LogP contribution in [0.1, 0.15) is 24.5 Å². The summed E-state index contributed by atoms with van der Waals surface area (Å²) in [4.78, 5) is 46.2. The van der Waals surface area contributed by atoms with Gasteiger partial charge in [-0.3, -0.25) is 19.3 Å². The number of hydrogen-bond donors (Lipinski definition) is 1. The number of fused-ring (bicyclic) bond motifs is 2. The molecule has 1 saturated heterocycles. The molecule has 4 aromatic rings. The molecule has 260 valence electrons. The Bertz CT molecular complexity index is 1840. The highest BCUT2D eigenvalue weighted by Crippen LogP contribution is 2.60. The van der Waals surface area contributed by atoms with Gasteiger partial charge in [-0.1, -0.05) is 85.9 Å². The zero-order valence-corrected chi connectivity index (χ0v) is 30.3. The van der Waals surface area contributed by atoms with Crippen molar-refractivity contribution in [1.29, 1.82) is 0 Å². The van der Waals surface area contributed by atoms with Crippen molar-refractivity contribution in [1.82, 2.24) is 4.90 Å². The lowest BCUT2D eigenvalue weighted by atomic mass is 9.82. The van der Waals surface area contributed by atoms with Gasteiger partial charge in [0, 0.05) is 43.0 Å². The molecule has 1 N–H and O–H groups in total. The highest BCUT2D eigenvalue weighted by atomic mass is 28.3. The number of aliphatic hydroxyl groups is 1. The molecule has 4 aromatic carbocycles. The van der Waals surface area contributed by atoms with Gasteiger partial charge < -0.3 is 24.4 Å². The Balaban J connectivity index is 1.44. The van der Waals surface area contributed by atoms with E-state index in [4.69, 9.17) is 9.47 Å². The first-order valence-corrected chi connectivity index (χ1v) is 20.1. The van der Waals surface area contributed by atoms with Crippen molar-refractivity contribution < 1.29 is 29.0 Å². The van der Waals surface area contributed by atoms with Crippen molar-refractivity contribution in [3.05, 3.63) is 114 Å². The molecule has 0 saturated carbocycles. The first-order chi connectivity index (χ1) is 24.1. The summed E-state index contributed by atoms with van der Waals surface area (Å²) >= 11 is 0. The molecule has 2 aliphatic heterocycles. The summed E-state index contributed by atoms with van der Waals surface area (Å²) in [7, 11) is 0.891. The molecule has 6 rings (SSSR count). The average molecular weight is 692 g/mol. The summed E-state index contributed by atoms with van der Waals surface area (Å²) in [6.45, 7) is 6.98. The zero-order chi connectivity index (χ0) is 35.6. The van der Waals surface area contributed by atoms with Crippen LogP contribution in [0.15, 0.2) is 103 Å². The lowest BCUT2D eigenvalue weighted by Crippen LogP contribution is -2.52. The Morgan fingerprint density at radius 3 is 2.26 bits per heavy atom. The van der Waals surface area contributed by atoms with Gasteiger partial charge in [0.2, 0.25) is 12.3 Å². The second kappa shape index (κ2) is 14.2. The van der Waals surface area contributed by atoms with Crippen LogP contribution in [0.2, 0.25) is 18.6 Å². The number of nitrogens with zero attached hydrogens (tertiary/aromatic N) is 3. The number of para-hydroxylation sites is 1. The minimum absolute atomic E-state index is 0.0483. The van der Waals surface area contributed by atoms with Gasteiger partial charge in [0.1, 0.15) is 5.75 Å². The van der Waals surface area contributed by atoms with Gasteiger partial charge in [-0.2, -0.15) is 0 Å². The van der Waals surface area contributed by atoms with Crippen LogP contribution >= 0.6 is 0 Å². The largest absolute Gasteiger partial charge is 0.497 e. The van der Waals surface area contributed by atoms with E-state index in [-0.39, 0.29) is 42.8 Å². The highest BCUT2D eigenvalue weighted by Gasteiger charge is 2.66. The van der Waals surface area contributed by atoms with Gasteiger partial charge in [0.05, 0.1) is 40.0 Å². The van der Waals surface area contributed by atoms with Crippen LogP contribution in [0, 0.1) is 5.92 Å². The van der Waals surface area contributed by atoms with Crippen LogP contribution in [0.4, 0.5) is 17.1 Å². The number of methoxy groups -OCH3 is 1. The molecule has 9 nitrogen and oxygen atoms in total. The van der Waals surface area contributed by atoms with Crippen molar-refractivity contribution >= 4 is 48.5 Å². The van der Waals surface area contributed by atoms with E-state index in [1.165, 1.54) is 0 Å². The monoisotopic (exact) mass is 691 g/mol. The Hall–Kier alpha value is -4.77. The van der Waals surface area contributed by atoms with E-state index in [2.05, 4.69) is 32.2 Å². The number of anilines is 3. The number of rotatable bonds is 12. The number of hydrogen-bond acceptors (Lipinski definition) is 6. The fourth-order valence-electron chi connectivity index (χ4n) is 8.13. The number of benzene rings is 4. The molecule has 4 atom stereocenters. The van der Waals surface area contributed by atoms with Gasteiger partial charge in [-0.05, 0) is 53.6 Å². The Labute approximate surface area is 295 Å². The number of ether oxygens (including phenoxy) is 2. The van der Waals surface area contributed by atoms with Gasteiger partial charge in [-0.15, -0.1) is 0 Å². The smallest absolute Gasteiger partial charge is 0.264 e. The number of carbonyl (C=O) groups excluding carboxylic acids is 3. The maximum atomic E-state index is 14.6. The molecule has 0 aromatic heterocycles. The average Bonchev–Trinajstić information content (AvgIpc) is 3.54. The molecular formula is C40H45N3O6Si. The maximum Gasteiger partial charge on any atom is 0.264 e. The van der Waals surface area contributed by atoms with E-state index in [1.54, 1.807) is 28.9 Å². The second-order valence-electron chi connectivity index (χ2n) is 13.8. The fourth-order valence-corrected chi connectivity index (χ4v) is 12.1. The summed E-state index contributed by atoms with van der Waals surface area (Å²) in [5, 5.41) is 11.1. The van der Waals surface area contributed by atoms with Gasteiger partial charge in [0.25, 0.3) is 5.91 Å². The van der Waals surface area contributed by atoms with E-state index < -0.39 is 19.8 Å². The Morgan fingerprint density at radius 2 is 1.64 bits per heavy atom. The lowest BCUT2D eigenvalue weighted by molar-refractivity contribution is -0.149. The van der Waals surface area contributed by atoms with Gasteiger partial charge >= 0.3 is 0 Å². The van der Waals surface area contributed by atoms with E-state index in [0.29, 0.717) is 29.2 Å². The number of likely N-dealkylation sites (N-methyl/N-ethyl adjacent to an activating group) is 1.